The number of carbonyl (C=O) groups is 1. The van der Waals surface area contributed by atoms with E-state index in [0.29, 0.717) is 11.6 Å². The quantitative estimate of drug-likeness (QED) is 0.779. The molecule has 1 saturated heterocycles. The molecule has 1 fully saturated rings. The van der Waals surface area contributed by atoms with Gasteiger partial charge < -0.3 is 9.73 Å². The van der Waals surface area contributed by atoms with Gasteiger partial charge in [0.25, 0.3) is 0 Å². The molecule has 130 valence electrons. The molecular weight excluding hydrogens is 328 g/mol. The van der Waals surface area contributed by atoms with E-state index in [2.05, 4.69) is 15.3 Å². The van der Waals surface area contributed by atoms with E-state index in [1.165, 1.54) is 0 Å². The second-order valence-corrected chi connectivity index (χ2v) is 6.63. The Hall–Kier alpha value is -1.79. The molecule has 0 atom stereocenters. The Labute approximate surface area is 146 Å². The number of furan rings is 1. The summed E-state index contributed by atoms with van der Waals surface area (Å²) in [6, 6.07) is 3.90. The summed E-state index contributed by atoms with van der Waals surface area (Å²) in [4.78, 5) is 14.6. The van der Waals surface area contributed by atoms with Crippen molar-refractivity contribution in [2.24, 2.45) is 5.92 Å². The first-order chi connectivity index (χ1) is 11.7. The zero-order valence-corrected chi connectivity index (χ0v) is 14.4. The van der Waals surface area contributed by atoms with Gasteiger partial charge in [0.2, 0.25) is 5.91 Å². The standard InChI is InChI=1S/C17H23ClN4O2/c18-15-11-20-22(12-15)7-2-6-19-17(23)14-4-8-21(9-5-14)13-16-3-1-10-24-16/h1,3,10-12,14H,2,4-9,13H2,(H,19,23). The van der Waals surface area contributed by atoms with E-state index in [0.717, 1.165) is 51.2 Å². The van der Waals surface area contributed by atoms with Crippen molar-refractivity contribution in [3.05, 3.63) is 41.6 Å². The number of hydrogen-bond donors (Lipinski definition) is 1. The highest BCUT2D eigenvalue weighted by molar-refractivity contribution is 6.30. The smallest absolute Gasteiger partial charge is 0.223 e. The molecule has 0 radical (unpaired) electrons. The number of halogens is 1. The van der Waals surface area contributed by atoms with E-state index in [9.17, 15) is 4.79 Å². The van der Waals surface area contributed by atoms with E-state index < -0.39 is 0 Å². The van der Waals surface area contributed by atoms with Crippen LogP contribution in [0, 0.1) is 5.92 Å². The highest BCUT2D eigenvalue weighted by Crippen LogP contribution is 2.19. The Morgan fingerprint density at radius 2 is 2.25 bits per heavy atom. The van der Waals surface area contributed by atoms with E-state index >= 15 is 0 Å². The maximum atomic E-state index is 12.2. The molecule has 2 aromatic heterocycles. The molecule has 0 aromatic carbocycles. The van der Waals surface area contributed by atoms with Gasteiger partial charge in [0.15, 0.2) is 0 Å². The van der Waals surface area contributed by atoms with Crippen LogP contribution in [-0.4, -0.2) is 40.2 Å². The highest BCUT2D eigenvalue weighted by Gasteiger charge is 2.24. The van der Waals surface area contributed by atoms with E-state index in [4.69, 9.17) is 16.0 Å². The molecule has 24 heavy (non-hydrogen) atoms. The Morgan fingerprint density at radius 1 is 1.42 bits per heavy atom. The van der Waals surface area contributed by atoms with Gasteiger partial charge in [0, 0.05) is 25.2 Å². The van der Waals surface area contributed by atoms with Crippen LogP contribution in [0.15, 0.2) is 35.2 Å². The summed E-state index contributed by atoms with van der Waals surface area (Å²) in [5.74, 6) is 1.28. The first-order valence-electron chi connectivity index (χ1n) is 8.41. The number of piperidine rings is 1. The number of rotatable bonds is 7. The Balaban J connectivity index is 1.31. The van der Waals surface area contributed by atoms with Crippen molar-refractivity contribution in [3.63, 3.8) is 0 Å². The first-order valence-corrected chi connectivity index (χ1v) is 8.79. The van der Waals surface area contributed by atoms with Gasteiger partial charge in [0.1, 0.15) is 5.76 Å². The molecule has 1 aliphatic rings. The molecule has 0 saturated carbocycles. The molecule has 1 amide bonds. The molecule has 0 unspecified atom stereocenters. The summed E-state index contributed by atoms with van der Waals surface area (Å²) in [6.07, 6.45) is 7.77. The van der Waals surface area contributed by atoms with Crippen molar-refractivity contribution >= 4 is 17.5 Å². The average molecular weight is 351 g/mol. The predicted octanol–water partition coefficient (Wildman–Crippen LogP) is 2.55. The van der Waals surface area contributed by atoms with Crippen LogP contribution in [0.1, 0.15) is 25.0 Å². The second-order valence-electron chi connectivity index (χ2n) is 6.20. The average Bonchev–Trinajstić information content (AvgIpc) is 3.24. The SMILES string of the molecule is O=C(NCCCn1cc(Cl)cn1)C1CCN(Cc2ccco2)CC1. The fourth-order valence-electron chi connectivity index (χ4n) is 3.03. The molecule has 1 N–H and O–H groups in total. The molecule has 3 heterocycles. The van der Waals surface area contributed by atoms with Crippen molar-refractivity contribution in [1.82, 2.24) is 20.0 Å². The predicted molar refractivity (Wildman–Crippen MR) is 91.6 cm³/mol. The second kappa shape index (κ2) is 8.35. The van der Waals surface area contributed by atoms with Gasteiger partial charge in [-0.05, 0) is 44.5 Å². The number of carbonyl (C=O) groups excluding carboxylic acids is 1. The summed E-state index contributed by atoms with van der Waals surface area (Å²) in [5, 5.41) is 7.80. The van der Waals surface area contributed by atoms with Crippen molar-refractivity contribution < 1.29 is 9.21 Å². The number of nitrogens with zero attached hydrogens (tertiary/aromatic N) is 3. The third kappa shape index (κ3) is 4.85. The maximum Gasteiger partial charge on any atom is 0.223 e. The molecular formula is C17H23ClN4O2. The van der Waals surface area contributed by atoms with Crippen molar-refractivity contribution in [1.29, 1.82) is 0 Å². The van der Waals surface area contributed by atoms with Crippen molar-refractivity contribution in [2.75, 3.05) is 19.6 Å². The molecule has 3 rings (SSSR count). The Morgan fingerprint density at radius 3 is 2.92 bits per heavy atom. The lowest BCUT2D eigenvalue weighted by molar-refractivity contribution is -0.126. The van der Waals surface area contributed by atoms with Gasteiger partial charge in [-0.15, -0.1) is 0 Å². The number of likely N-dealkylation sites (tertiary alicyclic amines) is 1. The summed E-state index contributed by atoms with van der Waals surface area (Å²) >= 11 is 5.82. The third-order valence-corrected chi connectivity index (χ3v) is 4.58. The van der Waals surface area contributed by atoms with Crippen LogP contribution in [0.2, 0.25) is 5.02 Å². The van der Waals surface area contributed by atoms with Crippen LogP contribution in [0.25, 0.3) is 0 Å². The number of nitrogens with one attached hydrogen (secondary N) is 1. The molecule has 0 bridgehead atoms. The summed E-state index contributed by atoms with van der Waals surface area (Å²) in [6.45, 7) is 4.13. The third-order valence-electron chi connectivity index (χ3n) is 4.38. The zero-order chi connectivity index (χ0) is 16.8. The van der Waals surface area contributed by atoms with Gasteiger partial charge in [-0.3, -0.25) is 14.4 Å². The molecule has 1 aliphatic heterocycles. The topological polar surface area (TPSA) is 63.3 Å². The van der Waals surface area contributed by atoms with E-state index in [1.807, 2.05) is 12.1 Å². The minimum atomic E-state index is 0.122. The summed E-state index contributed by atoms with van der Waals surface area (Å²) < 4.78 is 7.17. The Kier molecular flexibility index (Phi) is 5.93. The lowest BCUT2D eigenvalue weighted by atomic mass is 9.96. The Bertz CT molecular complexity index is 633. The van der Waals surface area contributed by atoms with E-state index in [-0.39, 0.29) is 11.8 Å². The van der Waals surface area contributed by atoms with Crippen LogP contribution in [0.3, 0.4) is 0 Å². The van der Waals surface area contributed by atoms with Crippen molar-refractivity contribution in [2.45, 2.75) is 32.4 Å². The van der Waals surface area contributed by atoms with Crippen LogP contribution < -0.4 is 5.32 Å². The van der Waals surface area contributed by atoms with Gasteiger partial charge in [-0.1, -0.05) is 11.6 Å². The largest absolute Gasteiger partial charge is 0.468 e. The minimum Gasteiger partial charge on any atom is -0.468 e. The summed E-state index contributed by atoms with van der Waals surface area (Å²) in [5.41, 5.74) is 0. The molecule has 0 spiro atoms. The minimum absolute atomic E-state index is 0.122. The van der Waals surface area contributed by atoms with Gasteiger partial charge in [0.05, 0.1) is 24.0 Å². The number of aryl methyl sites for hydroxylation is 1. The van der Waals surface area contributed by atoms with Crippen LogP contribution in [-0.2, 0) is 17.9 Å². The number of hydrogen-bond acceptors (Lipinski definition) is 4. The fraction of sp³-hybridized carbons (Fsp3) is 0.529. The first kappa shape index (κ1) is 17.0. The number of aromatic nitrogens is 2. The van der Waals surface area contributed by atoms with Crippen LogP contribution in [0.5, 0.6) is 0 Å². The van der Waals surface area contributed by atoms with Crippen LogP contribution in [0.4, 0.5) is 0 Å². The molecule has 6 nitrogen and oxygen atoms in total. The highest BCUT2D eigenvalue weighted by atomic mass is 35.5. The van der Waals surface area contributed by atoms with E-state index in [1.54, 1.807) is 23.3 Å². The lowest BCUT2D eigenvalue weighted by Crippen LogP contribution is -2.40. The monoisotopic (exact) mass is 350 g/mol. The zero-order valence-electron chi connectivity index (χ0n) is 13.7. The molecule has 7 heteroatoms. The van der Waals surface area contributed by atoms with Crippen LogP contribution >= 0.6 is 11.6 Å². The fourth-order valence-corrected chi connectivity index (χ4v) is 3.19. The lowest BCUT2D eigenvalue weighted by Gasteiger charge is -2.30. The van der Waals surface area contributed by atoms with Gasteiger partial charge in [-0.25, -0.2) is 0 Å². The van der Waals surface area contributed by atoms with Crippen molar-refractivity contribution in [3.8, 4) is 0 Å². The number of amides is 1. The molecule has 0 aliphatic carbocycles. The summed E-state index contributed by atoms with van der Waals surface area (Å²) in [7, 11) is 0. The van der Waals surface area contributed by atoms with Gasteiger partial charge >= 0.3 is 0 Å². The normalized spacial score (nSPS) is 16.4. The molecule has 2 aromatic rings. The van der Waals surface area contributed by atoms with Gasteiger partial charge in [-0.2, -0.15) is 5.10 Å². The maximum absolute atomic E-state index is 12.2.